The lowest BCUT2D eigenvalue weighted by molar-refractivity contribution is 1.21. The standard InChI is InChI=1S/C49H46N2/c1-33-8-13-40(14-9-33)41-15-21-44(22-16-41)50(47-27-10-34(2)30-37(47)5)45-23-17-42(18-24-45)43-19-25-46(26-20-43)51(48-28-11-35(3)31-38(48)6)49-29-12-36(4)32-39(49)7/h8-32H,1-7H3. The molecule has 0 fully saturated rings. The third kappa shape index (κ3) is 7.09. The van der Waals surface area contributed by atoms with Gasteiger partial charge in [-0.2, -0.15) is 0 Å². The van der Waals surface area contributed by atoms with Crippen LogP contribution in [0.4, 0.5) is 34.1 Å². The number of aryl methyl sites for hydroxylation is 7. The molecule has 2 nitrogen and oxygen atoms in total. The molecule has 2 heteroatoms. The van der Waals surface area contributed by atoms with Crippen molar-refractivity contribution in [1.29, 1.82) is 0 Å². The number of benzene rings is 7. The second-order valence-corrected chi connectivity index (χ2v) is 14.0. The molecule has 7 rings (SSSR count). The van der Waals surface area contributed by atoms with Gasteiger partial charge in [-0.15, -0.1) is 0 Å². The van der Waals surface area contributed by atoms with Crippen LogP contribution in [0, 0.1) is 48.5 Å². The van der Waals surface area contributed by atoms with Crippen molar-refractivity contribution in [2.75, 3.05) is 9.80 Å². The van der Waals surface area contributed by atoms with Gasteiger partial charge in [0.1, 0.15) is 0 Å². The lowest BCUT2D eigenvalue weighted by Crippen LogP contribution is -2.13. The van der Waals surface area contributed by atoms with Crippen molar-refractivity contribution in [3.63, 3.8) is 0 Å². The van der Waals surface area contributed by atoms with E-state index < -0.39 is 0 Å². The van der Waals surface area contributed by atoms with Crippen molar-refractivity contribution in [1.82, 2.24) is 0 Å². The van der Waals surface area contributed by atoms with Crippen molar-refractivity contribution < 1.29 is 0 Å². The van der Waals surface area contributed by atoms with E-state index in [1.54, 1.807) is 0 Å². The van der Waals surface area contributed by atoms with Crippen molar-refractivity contribution in [3.8, 4) is 22.3 Å². The Morgan fingerprint density at radius 3 is 0.824 bits per heavy atom. The Hall–Kier alpha value is -5.86. The van der Waals surface area contributed by atoms with Crippen LogP contribution in [0.25, 0.3) is 22.3 Å². The number of rotatable bonds is 8. The highest BCUT2D eigenvalue weighted by Gasteiger charge is 2.18. The predicted octanol–water partition coefficient (Wildman–Crippen LogP) is 14.1. The van der Waals surface area contributed by atoms with Crippen molar-refractivity contribution >= 4 is 34.1 Å². The minimum Gasteiger partial charge on any atom is -0.310 e. The fourth-order valence-electron chi connectivity index (χ4n) is 7.16. The van der Waals surface area contributed by atoms with Crippen LogP contribution in [0.5, 0.6) is 0 Å². The van der Waals surface area contributed by atoms with Crippen LogP contribution in [0.1, 0.15) is 38.9 Å². The van der Waals surface area contributed by atoms with Gasteiger partial charge in [0.15, 0.2) is 0 Å². The molecule has 0 atom stereocenters. The molecule has 0 amide bonds. The Labute approximate surface area is 304 Å². The fourth-order valence-corrected chi connectivity index (χ4v) is 7.16. The van der Waals surface area contributed by atoms with E-state index in [9.17, 15) is 0 Å². The SMILES string of the molecule is Cc1ccc(-c2ccc(N(c3ccc(-c4ccc(N(c5ccc(C)cc5C)c5ccc(C)cc5C)cc4)cc3)c3ccc(C)cc3C)cc2)cc1. The lowest BCUT2D eigenvalue weighted by Gasteiger charge is -2.29. The first-order valence-electron chi connectivity index (χ1n) is 17.8. The van der Waals surface area contributed by atoms with Crippen LogP contribution < -0.4 is 9.80 Å². The summed E-state index contributed by atoms with van der Waals surface area (Å²) in [7, 11) is 0. The molecule has 0 unspecified atom stereocenters. The van der Waals surface area contributed by atoms with Gasteiger partial charge in [-0.25, -0.2) is 0 Å². The highest BCUT2D eigenvalue weighted by Crippen LogP contribution is 2.41. The van der Waals surface area contributed by atoms with E-state index in [-0.39, 0.29) is 0 Å². The van der Waals surface area contributed by atoms with Crippen molar-refractivity contribution in [2.45, 2.75) is 48.5 Å². The van der Waals surface area contributed by atoms with Gasteiger partial charge >= 0.3 is 0 Å². The second-order valence-electron chi connectivity index (χ2n) is 14.0. The van der Waals surface area contributed by atoms with E-state index in [2.05, 4.69) is 210 Å². The summed E-state index contributed by atoms with van der Waals surface area (Å²) in [5, 5.41) is 0. The largest absolute Gasteiger partial charge is 0.310 e. The molecule has 0 spiro atoms. The van der Waals surface area contributed by atoms with Crippen LogP contribution in [-0.2, 0) is 0 Å². The van der Waals surface area contributed by atoms with E-state index in [1.165, 1.54) is 78.3 Å². The predicted molar refractivity (Wildman–Crippen MR) is 220 cm³/mol. The first-order chi connectivity index (χ1) is 24.6. The van der Waals surface area contributed by atoms with Gasteiger partial charge in [-0.05, 0) is 142 Å². The van der Waals surface area contributed by atoms with Crippen LogP contribution in [0.3, 0.4) is 0 Å². The first kappa shape index (κ1) is 33.6. The third-order valence-corrected chi connectivity index (χ3v) is 9.87. The molecule has 0 aliphatic carbocycles. The smallest absolute Gasteiger partial charge is 0.0491 e. The summed E-state index contributed by atoms with van der Waals surface area (Å²) in [6.45, 7) is 15.2. The molecular weight excluding hydrogens is 617 g/mol. The van der Waals surface area contributed by atoms with Crippen LogP contribution in [0.15, 0.2) is 152 Å². The summed E-state index contributed by atoms with van der Waals surface area (Å²) in [5.41, 5.74) is 20.6. The maximum Gasteiger partial charge on any atom is 0.0491 e. The highest BCUT2D eigenvalue weighted by atomic mass is 15.2. The Morgan fingerprint density at radius 2 is 0.510 bits per heavy atom. The van der Waals surface area contributed by atoms with Gasteiger partial charge in [0, 0.05) is 34.1 Å². The van der Waals surface area contributed by atoms with Gasteiger partial charge in [0.25, 0.3) is 0 Å². The molecule has 0 aliphatic rings. The Balaban J connectivity index is 1.22. The molecule has 252 valence electrons. The number of nitrogens with zero attached hydrogens (tertiary/aromatic N) is 2. The third-order valence-electron chi connectivity index (χ3n) is 9.87. The average molecular weight is 663 g/mol. The zero-order chi connectivity index (χ0) is 35.6. The molecule has 0 N–H and O–H groups in total. The fraction of sp³-hybridized carbons (Fsp3) is 0.143. The Bertz CT molecular complexity index is 2240. The normalized spacial score (nSPS) is 11.0. The molecule has 7 aromatic rings. The summed E-state index contributed by atoms with van der Waals surface area (Å²) in [6.07, 6.45) is 0. The number of anilines is 6. The topological polar surface area (TPSA) is 6.48 Å². The molecule has 0 aromatic heterocycles. The number of hydrogen-bond acceptors (Lipinski definition) is 2. The van der Waals surface area contributed by atoms with E-state index in [0.29, 0.717) is 0 Å². The van der Waals surface area contributed by atoms with Gasteiger partial charge in [0.2, 0.25) is 0 Å². The summed E-state index contributed by atoms with van der Waals surface area (Å²) in [4.78, 5) is 4.76. The minimum atomic E-state index is 1.13. The van der Waals surface area contributed by atoms with E-state index in [4.69, 9.17) is 0 Å². The molecule has 0 aliphatic heterocycles. The van der Waals surface area contributed by atoms with Crippen molar-refractivity contribution in [2.24, 2.45) is 0 Å². The van der Waals surface area contributed by atoms with E-state index in [1.807, 2.05) is 0 Å². The van der Waals surface area contributed by atoms with E-state index in [0.717, 1.165) is 17.1 Å². The molecule has 0 heterocycles. The Morgan fingerprint density at radius 1 is 0.255 bits per heavy atom. The van der Waals surface area contributed by atoms with Crippen LogP contribution in [-0.4, -0.2) is 0 Å². The maximum absolute atomic E-state index is 2.39. The highest BCUT2D eigenvalue weighted by molar-refractivity contribution is 5.83. The lowest BCUT2D eigenvalue weighted by atomic mass is 10.0. The average Bonchev–Trinajstić information content (AvgIpc) is 3.12. The monoisotopic (exact) mass is 662 g/mol. The summed E-state index contributed by atoms with van der Waals surface area (Å²) < 4.78 is 0. The molecule has 7 aromatic carbocycles. The van der Waals surface area contributed by atoms with E-state index >= 15 is 0 Å². The van der Waals surface area contributed by atoms with Crippen molar-refractivity contribution in [3.05, 3.63) is 191 Å². The second kappa shape index (κ2) is 14.2. The van der Waals surface area contributed by atoms with Gasteiger partial charge < -0.3 is 9.80 Å². The van der Waals surface area contributed by atoms with Gasteiger partial charge in [0.05, 0.1) is 0 Å². The van der Waals surface area contributed by atoms with Gasteiger partial charge in [-0.3, -0.25) is 0 Å². The summed E-state index contributed by atoms with van der Waals surface area (Å²) in [6, 6.07) is 55.8. The molecule has 51 heavy (non-hydrogen) atoms. The van der Waals surface area contributed by atoms with Crippen LogP contribution >= 0.6 is 0 Å². The molecule has 0 bridgehead atoms. The zero-order valence-corrected chi connectivity index (χ0v) is 30.8. The molecule has 0 saturated carbocycles. The molecular formula is C49H46N2. The van der Waals surface area contributed by atoms with Gasteiger partial charge in [-0.1, -0.05) is 119 Å². The summed E-state index contributed by atoms with van der Waals surface area (Å²) >= 11 is 0. The first-order valence-corrected chi connectivity index (χ1v) is 17.8. The number of hydrogen-bond donors (Lipinski definition) is 0. The zero-order valence-electron chi connectivity index (χ0n) is 30.8. The summed E-state index contributed by atoms with van der Waals surface area (Å²) in [5.74, 6) is 0. The minimum absolute atomic E-state index is 1.13. The molecule has 0 radical (unpaired) electrons. The molecule has 0 saturated heterocycles. The quantitative estimate of drug-likeness (QED) is 0.160. The van der Waals surface area contributed by atoms with Crippen LogP contribution in [0.2, 0.25) is 0 Å². The maximum atomic E-state index is 2.39. The Kier molecular flexibility index (Phi) is 9.34.